The van der Waals surface area contributed by atoms with Crippen molar-refractivity contribution in [2.45, 2.75) is 25.8 Å². The molecule has 4 heterocycles. The molecule has 3 aromatic rings. The molecule has 0 saturated heterocycles. The lowest BCUT2D eigenvalue weighted by Gasteiger charge is -2.32. The predicted octanol–water partition coefficient (Wildman–Crippen LogP) is 3.14. The van der Waals surface area contributed by atoms with Gasteiger partial charge in [-0.1, -0.05) is 0 Å². The normalized spacial score (nSPS) is 16.0. The van der Waals surface area contributed by atoms with Gasteiger partial charge in [-0.05, 0) is 31.5 Å². The lowest BCUT2D eigenvalue weighted by molar-refractivity contribution is 0.152. The number of imidazole rings is 1. The minimum Gasteiger partial charge on any atom is -0.465 e. The molecule has 7 nitrogen and oxygen atoms in total. The van der Waals surface area contributed by atoms with Crippen molar-refractivity contribution in [2.24, 2.45) is 0 Å². The number of fused-ring (bicyclic) bond motifs is 3. The summed E-state index contributed by atoms with van der Waals surface area (Å²) >= 11 is 5.81. The molecule has 4 rings (SSSR count). The molecule has 0 saturated carbocycles. The predicted molar refractivity (Wildman–Crippen MR) is 87.3 cm³/mol. The highest BCUT2D eigenvalue weighted by Gasteiger charge is 2.31. The van der Waals surface area contributed by atoms with E-state index in [4.69, 9.17) is 16.3 Å². The van der Waals surface area contributed by atoms with E-state index < -0.39 is 0 Å². The van der Waals surface area contributed by atoms with E-state index in [9.17, 15) is 0 Å². The zero-order chi connectivity index (χ0) is 16.0. The van der Waals surface area contributed by atoms with Crippen LogP contribution < -0.4 is 10.1 Å². The maximum Gasteiger partial charge on any atom is 0.297 e. The fourth-order valence-electron chi connectivity index (χ4n) is 2.75. The van der Waals surface area contributed by atoms with Gasteiger partial charge in [-0.25, -0.2) is 15.0 Å². The molecule has 0 unspecified atom stereocenters. The Morgan fingerprint density at radius 2 is 2.13 bits per heavy atom. The van der Waals surface area contributed by atoms with Gasteiger partial charge in [0.15, 0.2) is 0 Å². The number of pyridine rings is 1. The van der Waals surface area contributed by atoms with Crippen LogP contribution in [-0.2, 0) is 5.54 Å². The summed E-state index contributed by atoms with van der Waals surface area (Å²) in [5, 5.41) is 3.32. The van der Waals surface area contributed by atoms with Crippen LogP contribution in [0.25, 0.3) is 11.0 Å². The summed E-state index contributed by atoms with van der Waals surface area (Å²) in [6.45, 7) is 5.03. The summed E-state index contributed by atoms with van der Waals surface area (Å²) in [4.78, 5) is 16.9. The van der Waals surface area contributed by atoms with Gasteiger partial charge < -0.3 is 10.1 Å². The first-order valence-electron chi connectivity index (χ1n) is 7.30. The number of hydrogen-bond donors (Lipinski definition) is 1. The number of nitrogens with one attached hydrogen (secondary N) is 1. The van der Waals surface area contributed by atoms with Gasteiger partial charge in [0.2, 0.25) is 5.28 Å². The molecule has 0 spiro atoms. The summed E-state index contributed by atoms with van der Waals surface area (Å²) in [6, 6.07) is 4.31. The lowest BCUT2D eigenvalue weighted by atomic mass is 10.00. The third-order valence-corrected chi connectivity index (χ3v) is 4.12. The van der Waals surface area contributed by atoms with Crippen molar-refractivity contribution in [3.05, 3.63) is 29.8 Å². The Hall–Kier alpha value is -2.41. The maximum absolute atomic E-state index is 5.81. The number of aromatic nitrogens is 5. The number of hydrogen-bond acceptors (Lipinski definition) is 6. The molecule has 23 heavy (non-hydrogen) atoms. The van der Waals surface area contributed by atoms with Gasteiger partial charge >= 0.3 is 0 Å². The van der Waals surface area contributed by atoms with Gasteiger partial charge in [0.1, 0.15) is 17.2 Å². The van der Waals surface area contributed by atoms with Crippen molar-refractivity contribution < 1.29 is 4.74 Å². The molecule has 1 aliphatic rings. The minimum absolute atomic E-state index is 0.0564. The van der Waals surface area contributed by atoms with Gasteiger partial charge in [0, 0.05) is 24.2 Å². The summed E-state index contributed by atoms with van der Waals surface area (Å²) in [6.07, 6.45) is 4.25. The van der Waals surface area contributed by atoms with Crippen LogP contribution >= 0.6 is 11.6 Å². The monoisotopic (exact) mass is 330 g/mol. The van der Waals surface area contributed by atoms with Gasteiger partial charge in [0.25, 0.3) is 6.01 Å². The third kappa shape index (κ3) is 2.46. The van der Waals surface area contributed by atoms with Crippen LogP contribution in [-0.4, -0.2) is 31.1 Å². The molecule has 1 aliphatic heterocycles. The molecule has 0 fully saturated rings. The van der Waals surface area contributed by atoms with Crippen molar-refractivity contribution in [3.63, 3.8) is 0 Å². The molecule has 0 bridgehead atoms. The van der Waals surface area contributed by atoms with Crippen LogP contribution in [0, 0.1) is 0 Å². The van der Waals surface area contributed by atoms with Crippen LogP contribution in [0.2, 0.25) is 5.28 Å². The first kappa shape index (κ1) is 14.2. The van der Waals surface area contributed by atoms with E-state index in [-0.39, 0.29) is 10.8 Å². The Morgan fingerprint density at radius 3 is 2.96 bits per heavy atom. The molecule has 0 amide bonds. The zero-order valence-corrected chi connectivity index (χ0v) is 13.5. The second-order valence-corrected chi connectivity index (χ2v) is 6.37. The largest absolute Gasteiger partial charge is 0.465 e. The number of nitrogens with zero attached hydrogens (tertiary/aromatic N) is 5. The Morgan fingerprint density at radius 1 is 1.26 bits per heavy atom. The first-order chi connectivity index (χ1) is 11.0. The smallest absolute Gasteiger partial charge is 0.297 e. The van der Waals surface area contributed by atoms with Crippen molar-refractivity contribution in [2.75, 3.05) is 11.9 Å². The summed E-state index contributed by atoms with van der Waals surface area (Å²) < 4.78 is 7.80. The maximum atomic E-state index is 5.81. The zero-order valence-electron chi connectivity index (χ0n) is 12.7. The molecular weight excluding hydrogens is 316 g/mol. The number of ether oxygens (including phenoxy) is 1. The van der Waals surface area contributed by atoms with E-state index in [1.54, 1.807) is 18.5 Å². The van der Waals surface area contributed by atoms with E-state index in [2.05, 4.69) is 43.7 Å². The SMILES string of the molecule is CC1(C)CCOc2nc3cnc(Nc4ccnc(Cl)n4)cc3n21. The summed E-state index contributed by atoms with van der Waals surface area (Å²) in [5.74, 6) is 1.25. The van der Waals surface area contributed by atoms with Crippen LogP contribution in [0.4, 0.5) is 11.6 Å². The summed E-state index contributed by atoms with van der Waals surface area (Å²) in [7, 11) is 0. The minimum atomic E-state index is -0.0564. The Bertz CT molecular complexity index is 891. The van der Waals surface area contributed by atoms with Gasteiger partial charge in [-0.2, -0.15) is 4.98 Å². The quantitative estimate of drug-likeness (QED) is 0.727. The highest BCUT2D eigenvalue weighted by molar-refractivity contribution is 6.28. The molecule has 0 aliphatic carbocycles. The molecule has 0 atom stereocenters. The number of rotatable bonds is 2. The van der Waals surface area contributed by atoms with Crippen LogP contribution in [0.5, 0.6) is 6.01 Å². The van der Waals surface area contributed by atoms with E-state index in [1.165, 1.54) is 0 Å². The topological polar surface area (TPSA) is 77.8 Å². The van der Waals surface area contributed by atoms with E-state index in [0.717, 1.165) is 17.5 Å². The fraction of sp³-hybridized carbons (Fsp3) is 0.333. The van der Waals surface area contributed by atoms with Crippen LogP contribution in [0.3, 0.4) is 0 Å². The fourth-order valence-corrected chi connectivity index (χ4v) is 2.90. The molecular formula is C15H15ClN6O. The third-order valence-electron chi connectivity index (χ3n) is 3.94. The van der Waals surface area contributed by atoms with Gasteiger partial charge in [-0.15, -0.1) is 0 Å². The molecule has 3 aromatic heterocycles. The van der Waals surface area contributed by atoms with Crippen molar-refractivity contribution in [1.82, 2.24) is 24.5 Å². The van der Waals surface area contributed by atoms with Crippen LogP contribution in [0.1, 0.15) is 20.3 Å². The van der Waals surface area contributed by atoms with E-state index >= 15 is 0 Å². The molecule has 0 aromatic carbocycles. The first-order valence-corrected chi connectivity index (χ1v) is 7.68. The molecule has 8 heteroatoms. The molecule has 118 valence electrons. The Kier molecular flexibility index (Phi) is 3.12. The van der Waals surface area contributed by atoms with Gasteiger partial charge in [0.05, 0.1) is 18.3 Å². The lowest BCUT2D eigenvalue weighted by Crippen LogP contribution is -2.33. The highest BCUT2D eigenvalue weighted by Crippen LogP contribution is 2.35. The average Bonchev–Trinajstić information content (AvgIpc) is 2.86. The standard InChI is InChI=1S/C15H15ClN6O/c1-15(2)4-6-23-14-19-9-8-18-12(7-10(9)22(14)15)20-11-3-5-17-13(16)21-11/h3,5,7-8H,4,6H2,1-2H3,(H,17,18,20,21). The number of halogens is 1. The second kappa shape index (κ2) is 5.06. The number of anilines is 2. The van der Waals surface area contributed by atoms with Crippen molar-refractivity contribution in [3.8, 4) is 6.01 Å². The Balaban J connectivity index is 1.78. The van der Waals surface area contributed by atoms with Crippen molar-refractivity contribution in [1.29, 1.82) is 0 Å². The second-order valence-electron chi connectivity index (χ2n) is 6.03. The molecule has 0 radical (unpaired) electrons. The van der Waals surface area contributed by atoms with Gasteiger partial charge in [-0.3, -0.25) is 4.57 Å². The summed E-state index contributed by atoms with van der Waals surface area (Å²) in [5.41, 5.74) is 1.72. The van der Waals surface area contributed by atoms with Crippen LogP contribution in [0.15, 0.2) is 24.5 Å². The van der Waals surface area contributed by atoms with E-state index in [1.807, 2.05) is 6.07 Å². The molecule has 1 N–H and O–H groups in total. The Labute approximate surface area is 137 Å². The van der Waals surface area contributed by atoms with E-state index in [0.29, 0.717) is 24.3 Å². The van der Waals surface area contributed by atoms with Crippen molar-refractivity contribution >= 4 is 34.3 Å². The highest BCUT2D eigenvalue weighted by atomic mass is 35.5. The average molecular weight is 331 g/mol.